The van der Waals surface area contributed by atoms with Gasteiger partial charge in [0.05, 0.1) is 10.4 Å². The van der Waals surface area contributed by atoms with Crippen molar-refractivity contribution in [3.63, 3.8) is 0 Å². The maximum absolute atomic E-state index is 12.3. The summed E-state index contributed by atoms with van der Waals surface area (Å²) in [6.45, 7) is 1.92. The van der Waals surface area contributed by atoms with Crippen LogP contribution >= 0.6 is 0 Å². The molecule has 0 unspecified atom stereocenters. The first-order chi connectivity index (χ1) is 9.06. The van der Waals surface area contributed by atoms with Crippen molar-refractivity contribution in [2.75, 3.05) is 0 Å². The van der Waals surface area contributed by atoms with Crippen molar-refractivity contribution in [3.8, 4) is 0 Å². The molecule has 0 amide bonds. The van der Waals surface area contributed by atoms with Crippen molar-refractivity contribution in [1.29, 1.82) is 0 Å². The first-order valence-corrected chi connectivity index (χ1v) is 5.77. The van der Waals surface area contributed by atoms with Gasteiger partial charge >= 0.3 is 0 Å². The van der Waals surface area contributed by atoms with E-state index in [4.69, 9.17) is 0 Å². The highest BCUT2D eigenvalue weighted by Crippen LogP contribution is 2.20. The first kappa shape index (κ1) is 11.4. The standard InChI is InChI=1S/C14H10N2O3/c1-8-2-5-12-11(6-8)14(17)10-4-3-9(16(18)19)7-13(10)15-12/h2-7H,1H3,(H,15,17). The summed E-state index contributed by atoms with van der Waals surface area (Å²) in [4.78, 5) is 25.7. The molecule has 19 heavy (non-hydrogen) atoms. The van der Waals surface area contributed by atoms with Gasteiger partial charge in [-0.1, -0.05) is 11.6 Å². The van der Waals surface area contributed by atoms with Gasteiger partial charge in [-0.2, -0.15) is 0 Å². The Morgan fingerprint density at radius 1 is 1.05 bits per heavy atom. The molecule has 3 aromatic rings. The van der Waals surface area contributed by atoms with E-state index in [-0.39, 0.29) is 11.1 Å². The van der Waals surface area contributed by atoms with Gasteiger partial charge in [-0.15, -0.1) is 0 Å². The van der Waals surface area contributed by atoms with Gasteiger partial charge in [-0.05, 0) is 25.1 Å². The van der Waals surface area contributed by atoms with Crippen LogP contribution in [0.4, 0.5) is 5.69 Å². The number of non-ortho nitro benzene ring substituents is 1. The highest BCUT2D eigenvalue weighted by Gasteiger charge is 2.10. The van der Waals surface area contributed by atoms with Gasteiger partial charge < -0.3 is 4.98 Å². The number of aromatic amines is 1. The number of rotatable bonds is 1. The van der Waals surface area contributed by atoms with Crippen LogP contribution in [0.15, 0.2) is 41.2 Å². The van der Waals surface area contributed by atoms with Crippen LogP contribution in [0.25, 0.3) is 21.8 Å². The Morgan fingerprint density at radius 3 is 2.58 bits per heavy atom. The molecule has 0 aliphatic heterocycles. The van der Waals surface area contributed by atoms with Crippen LogP contribution in [0.1, 0.15) is 5.56 Å². The fourth-order valence-electron chi connectivity index (χ4n) is 2.19. The minimum Gasteiger partial charge on any atom is -0.354 e. The summed E-state index contributed by atoms with van der Waals surface area (Å²) >= 11 is 0. The van der Waals surface area contributed by atoms with Crippen LogP contribution in [0, 0.1) is 17.0 Å². The number of benzene rings is 2. The number of H-pyrrole nitrogens is 1. The van der Waals surface area contributed by atoms with Crippen LogP contribution in [-0.4, -0.2) is 9.91 Å². The normalized spacial score (nSPS) is 11.0. The molecule has 0 radical (unpaired) electrons. The highest BCUT2D eigenvalue weighted by molar-refractivity contribution is 5.93. The van der Waals surface area contributed by atoms with Crippen molar-refractivity contribution in [2.24, 2.45) is 0 Å². The maximum atomic E-state index is 12.3. The van der Waals surface area contributed by atoms with Crippen molar-refractivity contribution in [2.45, 2.75) is 6.92 Å². The smallest absolute Gasteiger partial charge is 0.271 e. The summed E-state index contributed by atoms with van der Waals surface area (Å²) in [6.07, 6.45) is 0. The maximum Gasteiger partial charge on any atom is 0.271 e. The van der Waals surface area contributed by atoms with Gasteiger partial charge in [0, 0.05) is 28.4 Å². The molecule has 1 N–H and O–H groups in total. The van der Waals surface area contributed by atoms with Gasteiger partial charge in [-0.3, -0.25) is 14.9 Å². The van der Waals surface area contributed by atoms with Crippen LogP contribution in [-0.2, 0) is 0 Å². The topological polar surface area (TPSA) is 76.0 Å². The Balaban J connectivity index is 2.46. The second kappa shape index (κ2) is 3.91. The minimum atomic E-state index is -0.475. The molecule has 0 spiro atoms. The third-order valence-corrected chi connectivity index (χ3v) is 3.15. The van der Waals surface area contributed by atoms with Crippen LogP contribution in [0.2, 0.25) is 0 Å². The number of pyridine rings is 1. The van der Waals surface area contributed by atoms with Crippen molar-refractivity contribution < 1.29 is 4.92 Å². The van der Waals surface area contributed by atoms with E-state index in [9.17, 15) is 14.9 Å². The van der Waals surface area contributed by atoms with E-state index >= 15 is 0 Å². The highest BCUT2D eigenvalue weighted by atomic mass is 16.6. The van der Waals surface area contributed by atoms with Crippen molar-refractivity contribution in [1.82, 2.24) is 4.98 Å². The molecular formula is C14H10N2O3. The Morgan fingerprint density at radius 2 is 1.84 bits per heavy atom. The van der Waals surface area contributed by atoms with Gasteiger partial charge in [0.1, 0.15) is 0 Å². The van der Waals surface area contributed by atoms with Crippen LogP contribution in [0.3, 0.4) is 0 Å². The number of nitro groups is 1. The largest absolute Gasteiger partial charge is 0.354 e. The third kappa shape index (κ3) is 1.76. The number of hydrogen-bond acceptors (Lipinski definition) is 3. The molecule has 0 saturated carbocycles. The number of nitrogens with zero attached hydrogens (tertiary/aromatic N) is 1. The number of aryl methyl sites for hydroxylation is 1. The number of aromatic nitrogens is 1. The molecule has 3 rings (SSSR count). The van der Waals surface area contributed by atoms with Crippen LogP contribution in [0.5, 0.6) is 0 Å². The van der Waals surface area contributed by atoms with E-state index in [1.165, 1.54) is 18.2 Å². The minimum absolute atomic E-state index is 0.0328. The van der Waals surface area contributed by atoms with Crippen LogP contribution < -0.4 is 5.43 Å². The van der Waals surface area contributed by atoms with E-state index in [1.807, 2.05) is 25.1 Å². The zero-order valence-corrected chi connectivity index (χ0v) is 10.1. The fraction of sp³-hybridized carbons (Fsp3) is 0.0714. The number of nitro benzene ring substituents is 1. The van der Waals surface area contributed by atoms with E-state index in [0.717, 1.165) is 5.56 Å². The Kier molecular flexibility index (Phi) is 2.35. The number of fused-ring (bicyclic) bond motifs is 2. The molecule has 0 aliphatic carbocycles. The zero-order valence-electron chi connectivity index (χ0n) is 10.1. The molecule has 0 bridgehead atoms. The lowest BCUT2D eigenvalue weighted by molar-refractivity contribution is -0.384. The molecule has 0 saturated heterocycles. The average molecular weight is 254 g/mol. The predicted molar refractivity (Wildman–Crippen MR) is 73.5 cm³/mol. The van der Waals surface area contributed by atoms with E-state index < -0.39 is 4.92 Å². The lowest BCUT2D eigenvalue weighted by atomic mass is 10.1. The molecule has 0 atom stereocenters. The average Bonchev–Trinajstić information content (AvgIpc) is 2.39. The molecule has 1 heterocycles. The first-order valence-electron chi connectivity index (χ1n) is 5.77. The quantitative estimate of drug-likeness (QED) is 0.412. The number of hydrogen-bond donors (Lipinski definition) is 1. The third-order valence-electron chi connectivity index (χ3n) is 3.15. The van der Waals surface area contributed by atoms with E-state index in [1.54, 1.807) is 0 Å². The molecule has 0 fully saturated rings. The molecular weight excluding hydrogens is 244 g/mol. The van der Waals surface area contributed by atoms with E-state index in [2.05, 4.69) is 4.98 Å². The Labute approximate surface area is 107 Å². The monoisotopic (exact) mass is 254 g/mol. The lowest BCUT2D eigenvalue weighted by Crippen LogP contribution is -2.04. The van der Waals surface area contributed by atoms with E-state index in [0.29, 0.717) is 21.8 Å². The number of nitrogens with one attached hydrogen (secondary N) is 1. The SMILES string of the molecule is Cc1ccc2[nH]c3cc([N+](=O)[O-])ccc3c(=O)c2c1. The van der Waals surface area contributed by atoms with Crippen molar-refractivity contribution in [3.05, 3.63) is 62.3 Å². The van der Waals surface area contributed by atoms with Gasteiger partial charge in [0.25, 0.3) is 5.69 Å². The second-order valence-electron chi connectivity index (χ2n) is 4.49. The lowest BCUT2D eigenvalue weighted by Gasteiger charge is -2.03. The molecule has 94 valence electrons. The summed E-state index contributed by atoms with van der Waals surface area (Å²) in [7, 11) is 0. The fourth-order valence-corrected chi connectivity index (χ4v) is 2.19. The summed E-state index contributed by atoms with van der Waals surface area (Å²) < 4.78 is 0. The predicted octanol–water partition coefficient (Wildman–Crippen LogP) is 2.90. The van der Waals surface area contributed by atoms with Crippen molar-refractivity contribution >= 4 is 27.5 Å². The molecule has 0 aliphatic rings. The van der Waals surface area contributed by atoms with Gasteiger partial charge in [0.15, 0.2) is 5.43 Å². The summed E-state index contributed by atoms with van der Waals surface area (Å²) in [5, 5.41) is 11.8. The molecule has 5 nitrogen and oxygen atoms in total. The second-order valence-corrected chi connectivity index (χ2v) is 4.49. The van der Waals surface area contributed by atoms with Gasteiger partial charge in [0.2, 0.25) is 0 Å². The summed E-state index contributed by atoms with van der Waals surface area (Å²) in [5.41, 5.74) is 2.02. The molecule has 1 aromatic heterocycles. The Bertz CT molecular complexity index is 881. The molecule has 2 aromatic carbocycles. The molecule has 5 heteroatoms. The summed E-state index contributed by atoms with van der Waals surface area (Å²) in [6, 6.07) is 9.74. The Hall–Kier alpha value is -2.69. The zero-order chi connectivity index (χ0) is 13.6. The van der Waals surface area contributed by atoms with Gasteiger partial charge in [-0.25, -0.2) is 0 Å². The summed E-state index contributed by atoms with van der Waals surface area (Å²) in [5.74, 6) is 0.